The summed E-state index contributed by atoms with van der Waals surface area (Å²) in [4.78, 5) is 0. The van der Waals surface area contributed by atoms with Crippen molar-refractivity contribution in [1.82, 2.24) is 10.7 Å². The summed E-state index contributed by atoms with van der Waals surface area (Å²) in [6, 6.07) is 11.7. The molecule has 0 radical (unpaired) electrons. The number of rotatable bonds is 5. The first-order chi connectivity index (χ1) is 11.7. The molecule has 0 amide bonds. The van der Waals surface area contributed by atoms with E-state index in [1.165, 1.54) is 0 Å². The minimum absolute atomic E-state index is 0.241. The van der Waals surface area contributed by atoms with Gasteiger partial charge in [0.15, 0.2) is 5.11 Å². The highest BCUT2D eigenvalue weighted by molar-refractivity contribution is 9.10. The fraction of sp³-hybridized carbons (Fsp3) is 0.294. The molecule has 3 rings (SSSR count). The number of hydrogen-bond acceptors (Lipinski definition) is 4. The Morgan fingerprint density at radius 1 is 1.33 bits per heavy atom. The van der Waals surface area contributed by atoms with Crippen molar-refractivity contribution in [3.05, 3.63) is 46.6 Å². The lowest BCUT2D eigenvalue weighted by molar-refractivity contribution is 0.114. The number of thiocarbonyl (C=S) groups is 1. The number of furan rings is 1. The Labute approximate surface area is 154 Å². The van der Waals surface area contributed by atoms with Crippen LogP contribution in [-0.4, -0.2) is 30.6 Å². The van der Waals surface area contributed by atoms with Crippen molar-refractivity contribution >= 4 is 39.5 Å². The number of benzene rings is 1. The maximum atomic E-state index is 5.77. The van der Waals surface area contributed by atoms with Crippen LogP contribution in [0.4, 0.5) is 0 Å². The van der Waals surface area contributed by atoms with Crippen LogP contribution in [0, 0.1) is 0 Å². The van der Waals surface area contributed by atoms with Crippen LogP contribution in [0.25, 0.3) is 11.3 Å². The number of halogens is 1. The van der Waals surface area contributed by atoms with E-state index in [1.807, 2.05) is 36.4 Å². The van der Waals surface area contributed by atoms with Crippen molar-refractivity contribution in [2.24, 2.45) is 5.10 Å². The highest BCUT2D eigenvalue weighted by Gasteiger charge is 2.15. The van der Waals surface area contributed by atoms with Gasteiger partial charge in [-0.25, -0.2) is 0 Å². The lowest BCUT2D eigenvalue weighted by Gasteiger charge is -2.11. The summed E-state index contributed by atoms with van der Waals surface area (Å²) < 4.78 is 12.3. The third kappa shape index (κ3) is 4.66. The minimum atomic E-state index is 0.241. The number of ether oxygens (including phenoxy) is 1. The van der Waals surface area contributed by atoms with Gasteiger partial charge in [0.25, 0.3) is 0 Å². The van der Waals surface area contributed by atoms with Crippen molar-refractivity contribution in [2.45, 2.75) is 18.9 Å². The summed E-state index contributed by atoms with van der Waals surface area (Å²) in [5.74, 6) is 1.43. The Morgan fingerprint density at radius 3 is 3.00 bits per heavy atom. The monoisotopic (exact) mass is 407 g/mol. The molecule has 1 saturated heterocycles. The van der Waals surface area contributed by atoms with Crippen LogP contribution in [0.1, 0.15) is 18.6 Å². The van der Waals surface area contributed by atoms with Gasteiger partial charge in [-0.1, -0.05) is 34.1 Å². The molecule has 1 aromatic heterocycles. The molecular weight excluding hydrogens is 390 g/mol. The molecule has 0 spiro atoms. The Bertz CT molecular complexity index is 726. The van der Waals surface area contributed by atoms with Crippen LogP contribution in [0.2, 0.25) is 0 Å². The second-order valence-corrected chi connectivity index (χ2v) is 6.66. The summed E-state index contributed by atoms with van der Waals surface area (Å²) in [6.07, 6.45) is 4.03. The molecule has 0 bridgehead atoms. The van der Waals surface area contributed by atoms with Crippen LogP contribution < -0.4 is 10.7 Å². The largest absolute Gasteiger partial charge is 0.455 e. The predicted octanol–water partition coefficient (Wildman–Crippen LogP) is 3.69. The molecule has 2 aromatic rings. The van der Waals surface area contributed by atoms with Gasteiger partial charge in [0.2, 0.25) is 0 Å². The van der Waals surface area contributed by atoms with Gasteiger partial charge < -0.3 is 14.5 Å². The van der Waals surface area contributed by atoms with Gasteiger partial charge in [-0.05, 0) is 43.3 Å². The van der Waals surface area contributed by atoms with E-state index in [4.69, 9.17) is 21.4 Å². The maximum absolute atomic E-state index is 5.77. The quantitative estimate of drug-likeness (QED) is 0.449. The van der Waals surface area contributed by atoms with E-state index in [2.05, 4.69) is 31.8 Å². The normalized spacial score (nSPS) is 17.3. The second-order valence-electron chi connectivity index (χ2n) is 5.40. The molecule has 2 N–H and O–H groups in total. The third-order valence-corrected chi connectivity index (χ3v) is 4.57. The van der Waals surface area contributed by atoms with Crippen molar-refractivity contribution in [2.75, 3.05) is 13.2 Å². The molecule has 5 nitrogen and oxygen atoms in total. The van der Waals surface area contributed by atoms with Gasteiger partial charge in [-0.15, -0.1) is 0 Å². The van der Waals surface area contributed by atoms with Gasteiger partial charge in [0.1, 0.15) is 11.5 Å². The Hall–Kier alpha value is -1.70. The lowest BCUT2D eigenvalue weighted by atomic mass is 10.2. The van der Waals surface area contributed by atoms with E-state index in [0.717, 1.165) is 35.2 Å². The first-order valence-corrected chi connectivity index (χ1v) is 8.96. The molecule has 7 heteroatoms. The number of hydrazone groups is 1. The van der Waals surface area contributed by atoms with Gasteiger partial charge in [-0.3, -0.25) is 5.43 Å². The standard InChI is InChI=1S/C17H18BrN3O2S/c18-15-6-2-1-5-14(15)16-8-7-13(23-16)11-20-21-17(24)19-10-12-4-3-9-22-12/h1-2,5-8,11-12H,3-4,9-10H2,(H2,19,21,24)/b20-11-/t12-/m1/s1. The molecule has 24 heavy (non-hydrogen) atoms. The van der Waals surface area contributed by atoms with Crippen LogP contribution in [0.5, 0.6) is 0 Å². The summed E-state index contributed by atoms with van der Waals surface area (Å²) in [5, 5.41) is 7.66. The Balaban J connectivity index is 1.50. The van der Waals surface area contributed by atoms with E-state index in [1.54, 1.807) is 6.21 Å². The first kappa shape index (κ1) is 17.1. The average molecular weight is 408 g/mol. The first-order valence-electron chi connectivity index (χ1n) is 7.75. The number of nitrogens with one attached hydrogen (secondary N) is 2. The Kier molecular flexibility index (Phi) is 6.01. The van der Waals surface area contributed by atoms with Gasteiger partial charge >= 0.3 is 0 Å². The maximum Gasteiger partial charge on any atom is 0.187 e. The summed E-state index contributed by atoms with van der Waals surface area (Å²) in [6.45, 7) is 1.54. The molecule has 0 unspecified atom stereocenters. The van der Waals surface area contributed by atoms with Crippen molar-refractivity contribution in [1.29, 1.82) is 0 Å². The van der Waals surface area contributed by atoms with Crippen LogP contribution in [0.15, 0.2) is 50.4 Å². The van der Waals surface area contributed by atoms with Gasteiger partial charge in [0.05, 0.1) is 12.3 Å². The van der Waals surface area contributed by atoms with E-state index in [-0.39, 0.29) is 6.10 Å². The Morgan fingerprint density at radius 2 is 2.21 bits per heavy atom. The zero-order chi connectivity index (χ0) is 16.8. The summed E-state index contributed by atoms with van der Waals surface area (Å²) in [7, 11) is 0. The molecule has 2 heterocycles. The molecule has 1 aromatic carbocycles. The summed E-state index contributed by atoms with van der Waals surface area (Å²) in [5.41, 5.74) is 3.78. The molecule has 126 valence electrons. The minimum Gasteiger partial charge on any atom is -0.455 e. The number of hydrogen-bond donors (Lipinski definition) is 2. The van der Waals surface area contributed by atoms with Crippen molar-refractivity contribution in [3.8, 4) is 11.3 Å². The van der Waals surface area contributed by atoms with Crippen LogP contribution >= 0.6 is 28.1 Å². The number of nitrogens with zero attached hydrogens (tertiary/aromatic N) is 1. The van der Waals surface area contributed by atoms with Crippen LogP contribution in [0.3, 0.4) is 0 Å². The molecule has 1 fully saturated rings. The smallest absolute Gasteiger partial charge is 0.187 e. The second kappa shape index (κ2) is 8.41. The summed E-state index contributed by atoms with van der Waals surface area (Å²) >= 11 is 8.69. The van der Waals surface area contributed by atoms with Crippen molar-refractivity contribution < 1.29 is 9.15 Å². The fourth-order valence-electron chi connectivity index (χ4n) is 2.43. The molecule has 0 saturated carbocycles. The van der Waals surface area contributed by atoms with Gasteiger partial charge in [0, 0.05) is 23.2 Å². The molecule has 1 aliphatic rings. The van der Waals surface area contributed by atoms with E-state index < -0.39 is 0 Å². The molecular formula is C17H18BrN3O2S. The highest BCUT2D eigenvalue weighted by atomic mass is 79.9. The van der Waals surface area contributed by atoms with E-state index in [9.17, 15) is 0 Å². The highest BCUT2D eigenvalue weighted by Crippen LogP contribution is 2.28. The van der Waals surface area contributed by atoms with Crippen LogP contribution in [-0.2, 0) is 4.74 Å². The lowest BCUT2D eigenvalue weighted by Crippen LogP contribution is -2.37. The zero-order valence-corrected chi connectivity index (χ0v) is 15.4. The zero-order valence-electron chi connectivity index (χ0n) is 13.0. The SMILES string of the molecule is S=C(NC[C@H]1CCCO1)N/N=C\c1ccc(-c2ccccc2Br)o1. The molecule has 0 aliphatic carbocycles. The fourth-order valence-corrected chi connectivity index (χ4v) is 3.05. The third-order valence-electron chi connectivity index (χ3n) is 3.64. The predicted molar refractivity (Wildman–Crippen MR) is 102 cm³/mol. The molecule has 1 atom stereocenters. The topological polar surface area (TPSA) is 58.8 Å². The average Bonchev–Trinajstić information content (AvgIpc) is 3.25. The van der Waals surface area contributed by atoms with Crippen molar-refractivity contribution in [3.63, 3.8) is 0 Å². The van der Waals surface area contributed by atoms with E-state index in [0.29, 0.717) is 17.4 Å². The van der Waals surface area contributed by atoms with E-state index >= 15 is 0 Å². The molecule has 1 aliphatic heterocycles. The van der Waals surface area contributed by atoms with Gasteiger partial charge in [-0.2, -0.15) is 5.10 Å².